The predicted molar refractivity (Wildman–Crippen MR) is 89.3 cm³/mol. The van der Waals surface area contributed by atoms with Gasteiger partial charge in [0.05, 0.1) is 0 Å². The minimum Gasteiger partial charge on any atom is -0.336 e. The summed E-state index contributed by atoms with van der Waals surface area (Å²) in [7, 11) is 0. The molecule has 1 amide bonds. The number of hydrogen-bond acceptors (Lipinski definition) is 2. The molecule has 110 valence electrons. The SMILES string of the molecule is CC1CC(CN)CN1C(=O)c1ccc2cc(Br)ccc2c1. The third-order valence-electron chi connectivity index (χ3n) is 4.30. The van der Waals surface area contributed by atoms with Gasteiger partial charge in [0, 0.05) is 22.6 Å². The van der Waals surface area contributed by atoms with E-state index < -0.39 is 0 Å². The molecule has 21 heavy (non-hydrogen) atoms. The Labute approximate surface area is 133 Å². The maximum absolute atomic E-state index is 12.7. The van der Waals surface area contributed by atoms with Crippen molar-refractivity contribution in [2.45, 2.75) is 19.4 Å². The highest BCUT2D eigenvalue weighted by Crippen LogP contribution is 2.26. The molecular weight excluding hydrogens is 328 g/mol. The van der Waals surface area contributed by atoms with Gasteiger partial charge in [-0.25, -0.2) is 0 Å². The second-order valence-electron chi connectivity index (χ2n) is 5.85. The van der Waals surface area contributed by atoms with Crippen molar-refractivity contribution < 1.29 is 4.79 Å². The van der Waals surface area contributed by atoms with Crippen molar-refractivity contribution >= 4 is 32.6 Å². The van der Waals surface area contributed by atoms with E-state index in [-0.39, 0.29) is 11.9 Å². The van der Waals surface area contributed by atoms with E-state index in [1.54, 1.807) is 0 Å². The molecule has 0 aliphatic carbocycles. The third kappa shape index (κ3) is 2.83. The zero-order valence-electron chi connectivity index (χ0n) is 12.1. The molecule has 3 rings (SSSR count). The molecule has 2 N–H and O–H groups in total. The highest BCUT2D eigenvalue weighted by atomic mass is 79.9. The number of amides is 1. The Morgan fingerprint density at radius 2 is 2.00 bits per heavy atom. The molecule has 0 radical (unpaired) electrons. The van der Waals surface area contributed by atoms with Crippen LogP contribution in [0.15, 0.2) is 40.9 Å². The fourth-order valence-corrected chi connectivity index (χ4v) is 3.49. The minimum atomic E-state index is 0.114. The lowest BCUT2D eigenvalue weighted by Crippen LogP contribution is -2.34. The molecule has 4 heteroatoms. The second-order valence-corrected chi connectivity index (χ2v) is 6.77. The van der Waals surface area contributed by atoms with Gasteiger partial charge in [0.1, 0.15) is 0 Å². The maximum Gasteiger partial charge on any atom is 0.254 e. The summed E-state index contributed by atoms with van der Waals surface area (Å²) in [5.74, 6) is 0.545. The number of carbonyl (C=O) groups excluding carboxylic acids is 1. The molecule has 0 bridgehead atoms. The molecule has 2 aromatic carbocycles. The molecule has 2 aromatic rings. The summed E-state index contributed by atoms with van der Waals surface area (Å²) in [4.78, 5) is 14.7. The first kappa shape index (κ1) is 14.5. The topological polar surface area (TPSA) is 46.3 Å². The molecule has 2 unspecified atom stereocenters. The summed E-state index contributed by atoms with van der Waals surface area (Å²) in [6, 6.07) is 12.3. The highest BCUT2D eigenvalue weighted by Gasteiger charge is 2.32. The van der Waals surface area contributed by atoms with E-state index in [1.165, 1.54) is 0 Å². The van der Waals surface area contributed by atoms with Crippen molar-refractivity contribution in [3.63, 3.8) is 0 Å². The zero-order valence-corrected chi connectivity index (χ0v) is 13.6. The predicted octanol–water partition coefficient (Wildman–Crippen LogP) is 3.41. The van der Waals surface area contributed by atoms with Crippen LogP contribution in [0.2, 0.25) is 0 Å². The van der Waals surface area contributed by atoms with Crippen LogP contribution in [-0.2, 0) is 0 Å². The van der Waals surface area contributed by atoms with Crippen molar-refractivity contribution in [3.8, 4) is 0 Å². The van der Waals surface area contributed by atoms with Gasteiger partial charge in [-0.15, -0.1) is 0 Å². The Kier molecular flexibility index (Phi) is 4.00. The van der Waals surface area contributed by atoms with Gasteiger partial charge < -0.3 is 10.6 Å². The lowest BCUT2D eigenvalue weighted by molar-refractivity contribution is 0.0743. The summed E-state index contributed by atoms with van der Waals surface area (Å²) in [5.41, 5.74) is 6.50. The van der Waals surface area contributed by atoms with Gasteiger partial charge in [0.2, 0.25) is 0 Å². The lowest BCUT2D eigenvalue weighted by atomic mass is 10.1. The van der Waals surface area contributed by atoms with Crippen LogP contribution in [0.4, 0.5) is 0 Å². The average molecular weight is 347 g/mol. The quantitative estimate of drug-likeness (QED) is 0.905. The molecule has 3 nitrogen and oxygen atoms in total. The van der Waals surface area contributed by atoms with Gasteiger partial charge in [-0.3, -0.25) is 4.79 Å². The summed E-state index contributed by atoms with van der Waals surface area (Å²) in [6.07, 6.45) is 1.00. The largest absolute Gasteiger partial charge is 0.336 e. The van der Waals surface area contributed by atoms with Gasteiger partial charge in [-0.05, 0) is 60.8 Å². The van der Waals surface area contributed by atoms with E-state index in [9.17, 15) is 4.79 Å². The van der Waals surface area contributed by atoms with Gasteiger partial charge in [-0.1, -0.05) is 28.1 Å². The van der Waals surface area contributed by atoms with E-state index in [0.717, 1.165) is 33.8 Å². The fourth-order valence-electron chi connectivity index (χ4n) is 3.11. The summed E-state index contributed by atoms with van der Waals surface area (Å²) in [6.45, 7) is 3.53. The Morgan fingerprint density at radius 3 is 2.71 bits per heavy atom. The van der Waals surface area contributed by atoms with E-state index in [2.05, 4.69) is 28.9 Å². The van der Waals surface area contributed by atoms with Gasteiger partial charge in [-0.2, -0.15) is 0 Å². The van der Waals surface area contributed by atoms with Crippen LogP contribution in [0.3, 0.4) is 0 Å². The first-order chi connectivity index (χ1) is 10.1. The number of halogens is 1. The number of benzene rings is 2. The van der Waals surface area contributed by atoms with Crippen LogP contribution < -0.4 is 5.73 Å². The lowest BCUT2D eigenvalue weighted by Gasteiger charge is -2.21. The van der Waals surface area contributed by atoms with Crippen LogP contribution in [0.1, 0.15) is 23.7 Å². The number of nitrogens with two attached hydrogens (primary N) is 1. The molecular formula is C17H19BrN2O. The van der Waals surface area contributed by atoms with Gasteiger partial charge in [0.15, 0.2) is 0 Å². The smallest absolute Gasteiger partial charge is 0.254 e. The third-order valence-corrected chi connectivity index (χ3v) is 4.80. The van der Waals surface area contributed by atoms with Crippen molar-refractivity contribution in [3.05, 3.63) is 46.4 Å². The first-order valence-corrected chi connectivity index (χ1v) is 8.08. The van der Waals surface area contributed by atoms with Crippen LogP contribution in [0.5, 0.6) is 0 Å². The molecule has 1 fully saturated rings. The van der Waals surface area contributed by atoms with Gasteiger partial charge >= 0.3 is 0 Å². The standard InChI is InChI=1S/C17H19BrN2O/c1-11-6-12(9-19)10-20(11)17(21)15-3-2-14-8-16(18)5-4-13(14)7-15/h2-5,7-8,11-12H,6,9-10,19H2,1H3. The average Bonchev–Trinajstić information content (AvgIpc) is 2.87. The molecule has 1 saturated heterocycles. The first-order valence-electron chi connectivity index (χ1n) is 7.29. The summed E-state index contributed by atoms with van der Waals surface area (Å²) >= 11 is 3.47. The monoisotopic (exact) mass is 346 g/mol. The molecule has 0 saturated carbocycles. The molecule has 2 atom stereocenters. The van der Waals surface area contributed by atoms with E-state index >= 15 is 0 Å². The molecule has 0 aromatic heterocycles. The van der Waals surface area contributed by atoms with Crippen LogP contribution in [0.25, 0.3) is 10.8 Å². The molecule has 0 spiro atoms. The van der Waals surface area contributed by atoms with Gasteiger partial charge in [0.25, 0.3) is 5.91 Å². The normalized spacial score (nSPS) is 22.0. The van der Waals surface area contributed by atoms with Crippen molar-refractivity contribution in [2.24, 2.45) is 11.7 Å². The Balaban J connectivity index is 1.89. The van der Waals surface area contributed by atoms with Crippen molar-refractivity contribution in [1.29, 1.82) is 0 Å². The number of hydrogen-bond donors (Lipinski definition) is 1. The number of nitrogens with zero attached hydrogens (tertiary/aromatic N) is 1. The Hall–Kier alpha value is -1.39. The zero-order chi connectivity index (χ0) is 15.0. The summed E-state index contributed by atoms with van der Waals surface area (Å²) < 4.78 is 1.05. The van der Waals surface area contributed by atoms with Crippen LogP contribution in [-0.4, -0.2) is 29.9 Å². The Morgan fingerprint density at radius 1 is 1.29 bits per heavy atom. The number of likely N-dealkylation sites (tertiary alicyclic amines) is 1. The van der Waals surface area contributed by atoms with Crippen molar-refractivity contribution in [1.82, 2.24) is 4.90 Å². The highest BCUT2D eigenvalue weighted by molar-refractivity contribution is 9.10. The maximum atomic E-state index is 12.7. The van der Waals surface area contributed by atoms with E-state index in [4.69, 9.17) is 5.73 Å². The molecule has 1 heterocycles. The second kappa shape index (κ2) is 5.78. The van der Waals surface area contributed by atoms with Crippen molar-refractivity contribution in [2.75, 3.05) is 13.1 Å². The van der Waals surface area contributed by atoms with Crippen LogP contribution in [0, 0.1) is 5.92 Å². The fraction of sp³-hybridized carbons (Fsp3) is 0.353. The summed E-state index contributed by atoms with van der Waals surface area (Å²) in [5, 5.41) is 2.22. The number of rotatable bonds is 2. The minimum absolute atomic E-state index is 0.114. The number of fused-ring (bicyclic) bond motifs is 1. The van der Waals surface area contributed by atoms with E-state index in [1.807, 2.05) is 35.2 Å². The Bertz CT molecular complexity index is 686. The molecule has 1 aliphatic rings. The number of carbonyl (C=O) groups is 1. The molecule has 1 aliphatic heterocycles. The van der Waals surface area contributed by atoms with Crippen LogP contribution >= 0.6 is 15.9 Å². The van der Waals surface area contributed by atoms with E-state index in [0.29, 0.717) is 12.5 Å².